The summed E-state index contributed by atoms with van der Waals surface area (Å²) in [4.78, 5) is 24.6. The summed E-state index contributed by atoms with van der Waals surface area (Å²) in [6.45, 7) is 0.543. The summed E-state index contributed by atoms with van der Waals surface area (Å²) in [5.74, 6) is -3.37. The van der Waals surface area contributed by atoms with Crippen molar-refractivity contribution in [2.45, 2.75) is 25.3 Å². The lowest BCUT2D eigenvalue weighted by Crippen LogP contribution is -2.72. The second kappa shape index (κ2) is 8.83. The van der Waals surface area contributed by atoms with E-state index in [-0.39, 0.29) is 17.7 Å². The molecule has 9 heteroatoms. The molecule has 28 heavy (non-hydrogen) atoms. The van der Waals surface area contributed by atoms with Crippen LogP contribution in [-0.4, -0.2) is 30.3 Å². The fraction of sp³-hybridized carbons (Fsp3) is 0.263. The molecule has 2 rings (SSSR count). The molecule has 1 atom stereocenters. The normalized spacial score (nSPS) is 13.5. The quantitative estimate of drug-likeness (QED) is 0.427. The molecule has 0 bridgehead atoms. The second-order valence-corrected chi connectivity index (χ2v) is 5.77. The van der Waals surface area contributed by atoms with E-state index in [0.29, 0.717) is 0 Å². The summed E-state index contributed by atoms with van der Waals surface area (Å²) in [5, 5.41) is 3.77. The third-order valence-corrected chi connectivity index (χ3v) is 3.81. The minimum atomic E-state index is -5.22. The van der Waals surface area contributed by atoms with E-state index in [0.717, 1.165) is 12.1 Å². The van der Waals surface area contributed by atoms with Crippen LogP contribution in [0, 0.1) is 5.82 Å². The van der Waals surface area contributed by atoms with Crippen LogP contribution in [0.1, 0.15) is 22.8 Å². The molecule has 0 aromatic heterocycles. The second-order valence-electron chi connectivity index (χ2n) is 5.77. The molecular weight excluding hydrogens is 380 g/mol. The van der Waals surface area contributed by atoms with Gasteiger partial charge in [0.05, 0.1) is 6.61 Å². The Morgan fingerprint density at radius 2 is 1.61 bits per heavy atom. The summed E-state index contributed by atoms with van der Waals surface area (Å²) in [7, 11) is 0. The Labute approximate surface area is 158 Å². The Morgan fingerprint density at radius 1 is 1.00 bits per heavy atom. The number of halogens is 4. The molecule has 0 aliphatic carbocycles. The van der Waals surface area contributed by atoms with Crippen LogP contribution < -0.4 is 10.6 Å². The number of hydrogen-bond acceptors (Lipinski definition) is 4. The van der Waals surface area contributed by atoms with Crippen LogP contribution in [0.15, 0.2) is 54.6 Å². The molecule has 0 radical (unpaired) electrons. The van der Waals surface area contributed by atoms with Crippen molar-refractivity contribution in [3.63, 3.8) is 0 Å². The first-order valence-electron chi connectivity index (χ1n) is 8.30. The van der Waals surface area contributed by atoms with Crippen LogP contribution >= 0.6 is 0 Å². The van der Waals surface area contributed by atoms with Gasteiger partial charge in [0.25, 0.3) is 11.6 Å². The molecule has 0 heterocycles. The highest BCUT2D eigenvalue weighted by Crippen LogP contribution is 2.30. The molecule has 2 aromatic carbocycles. The summed E-state index contributed by atoms with van der Waals surface area (Å²) in [6.07, 6.45) is -5.22. The number of ether oxygens (including phenoxy) is 1. The first kappa shape index (κ1) is 21.4. The minimum absolute atomic E-state index is 0.0657. The molecular formula is C19H18F4N2O3. The fourth-order valence-corrected chi connectivity index (χ4v) is 2.36. The van der Waals surface area contributed by atoms with Crippen LogP contribution in [0.4, 0.5) is 17.6 Å². The standard InChI is InChI=1S/C19H18F4N2O3/c1-2-28-17(27)18(19(21,22)23,24-12-13-8-10-15(20)11-9-13)25-16(26)14-6-4-3-5-7-14/h3-11,24H,2,12H2,1H3,(H,25,26)/t18-/m0/s1. The summed E-state index contributed by atoms with van der Waals surface area (Å²) in [6, 6.07) is 11.8. The zero-order valence-electron chi connectivity index (χ0n) is 14.8. The molecule has 2 aromatic rings. The van der Waals surface area contributed by atoms with Gasteiger partial charge in [-0.25, -0.2) is 9.18 Å². The van der Waals surface area contributed by atoms with Gasteiger partial charge in [-0.1, -0.05) is 30.3 Å². The van der Waals surface area contributed by atoms with E-state index in [1.54, 1.807) is 11.4 Å². The maximum atomic E-state index is 14.0. The van der Waals surface area contributed by atoms with Gasteiger partial charge in [0, 0.05) is 12.1 Å². The number of carbonyl (C=O) groups is 2. The Balaban J connectivity index is 2.37. The summed E-state index contributed by atoms with van der Waals surface area (Å²) in [5.41, 5.74) is -3.28. The number of amides is 1. The summed E-state index contributed by atoms with van der Waals surface area (Å²) >= 11 is 0. The number of rotatable bonds is 7. The van der Waals surface area contributed by atoms with Gasteiger partial charge in [-0.15, -0.1) is 0 Å². The lowest BCUT2D eigenvalue weighted by Gasteiger charge is -2.34. The largest absolute Gasteiger partial charge is 0.463 e. The zero-order valence-corrected chi connectivity index (χ0v) is 14.8. The van der Waals surface area contributed by atoms with Crippen LogP contribution in [-0.2, 0) is 16.1 Å². The molecule has 5 nitrogen and oxygen atoms in total. The highest BCUT2D eigenvalue weighted by Gasteiger charge is 2.63. The fourth-order valence-electron chi connectivity index (χ4n) is 2.36. The molecule has 0 spiro atoms. The predicted octanol–water partition coefficient (Wildman–Crippen LogP) is 3.17. The van der Waals surface area contributed by atoms with Gasteiger partial charge in [0.2, 0.25) is 0 Å². The van der Waals surface area contributed by atoms with Crippen LogP contribution in [0.5, 0.6) is 0 Å². The maximum absolute atomic E-state index is 14.0. The molecule has 0 aliphatic heterocycles. The van der Waals surface area contributed by atoms with E-state index in [1.807, 2.05) is 5.32 Å². The summed E-state index contributed by atoms with van der Waals surface area (Å²) < 4.78 is 59.5. The number of alkyl halides is 3. The molecule has 0 unspecified atom stereocenters. The Morgan fingerprint density at radius 3 is 2.14 bits per heavy atom. The van der Waals surface area contributed by atoms with Crippen LogP contribution in [0.25, 0.3) is 0 Å². The molecule has 150 valence electrons. The number of benzene rings is 2. The van der Waals surface area contributed by atoms with Crippen molar-refractivity contribution in [3.05, 3.63) is 71.5 Å². The van der Waals surface area contributed by atoms with E-state index in [2.05, 4.69) is 4.74 Å². The molecule has 0 fully saturated rings. The molecule has 2 N–H and O–H groups in total. The van der Waals surface area contributed by atoms with Gasteiger partial charge in [-0.2, -0.15) is 13.2 Å². The first-order valence-corrected chi connectivity index (χ1v) is 8.30. The zero-order chi connectivity index (χ0) is 20.8. The maximum Gasteiger partial charge on any atom is 0.436 e. The molecule has 0 saturated heterocycles. The average Bonchev–Trinajstić information content (AvgIpc) is 2.66. The van der Waals surface area contributed by atoms with Gasteiger partial charge < -0.3 is 10.1 Å². The van der Waals surface area contributed by atoms with Gasteiger partial charge in [-0.05, 0) is 36.8 Å². The topological polar surface area (TPSA) is 67.4 Å². The highest BCUT2D eigenvalue weighted by atomic mass is 19.4. The SMILES string of the molecule is CCOC(=O)[C@](NCc1ccc(F)cc1)(NC(=O)c1ccccc1)C(F)(F)F. The minimum Gasteiger partial charge on any atom is -0.463 e. The monoisotopic (exact) mass is 398 g/mol. The smallest absolute Gasteiger partial charge is 0.436 e. The molecule has 0 aliphatic rings. The average molecular weight is 398 g/mol. The Kier molecular flexibility index (Phi) is 6.74. The van der Waals surface area contributed by atoms with Crippen molar-refractivity contribution in [3.8, 4) is 0 Å². The van der Waals surface area contributed by atoms with Crippen LogP contribution in [0.3, 0.4) is 0 Å². The Hall–Kier alpha value is -2.94. The van der Waals surface area contributed by atoms with Gasteiger partial charge in [0.1, 0.15) is 5.82 Å². The van der Waals surface area contributed by atoms with Crippen molar-refractivity contribution in [2.75, 3.05) is 6.61 Å². The van der Waals surface area contributed by atoms with E-state index in [4.69, 9.17) is 0 Å². The van der Waals surface area contributed by atoms with E-state index < -0.39 is 36.1 Å². The third-order valence-electron chi connectivity index (χ3n) is 3.81. The Bertz CT molecular complexity index is 810. The number of esters is 1. The van der Waals surface area contributed by atoms with Crippen molar-refractivity contribution in [1.29, 1.82) is 0 Å². The highest BCUT2D eigenvalue weighted by molar-refractivity contribution is 5.98. The van der Waals surface area contributed by atoms with Crippen molar-refractivity contribution in [2.24, 2.45) is 0 Å². The van der Waals surface area contributed by atoms with E-state index in [9.17, 15) is 27.2 Å². The van der Waals surface area contributed by atoms with Crippen molar-refractivity contribution in [1.82, 2.24) is 10.6 Å². The van der Waals surface area contributed by atoms with Crippen LogP contribution in [0.2, 0.25) is 0 Å². The number of hydrogen-bond donors (Lipinski definition) is 2. The number of nitrogens with one attached hydrogen (secondary N) is 2. The third kappa shape index (κ3) is 4.86. The molecule has 1 amide bonds. The number of carbonyl (C=O) groups excluding carboxylic acids is 2. The van der Waals surface area contributed by atoms with Gasteiger partial charge in [0.15, 0.2) is 0 Å². The van der Waals surface area contributed by atoms with Gasteiger partial charge in [-0.3, -0.25) is 10.1 Å². The first-order chi connectivity index (χ1) is 13.2. The van der Waals surface area contributed by atoms with Gasteiger partial charge >= 0.3 is 12.1 Å². The van der Waals surface area contributed by atoms with Crippen molar-refractivity contribution < 1.29 is 31.9 Å². The van der Waals surface area contributed by atoms with E-state index >= 15 is 0 Å². The predicted molar refractivity (Wildman–Crippen MR) is 92.6 cm³/mol. The van der Waals surface area contributed by atoms with Crippen molar-refractivity contribution >= 4 is 11.9 Å². The lowest BCUT2D eigenvalue weighted by atomic mass is 10.1. The lowest BCUT2D eigenvalue weighted by molar-refractivity contribution is -0.219. The van der Waals surface area contributed by atoms with E-state index in [1.165, 1.54) is 43.3 Å². The molecule has 0 saturated carbocycles.